The first kappa shape index (κ1) is 26.9. The van der Waals surface area contributed by atoms with Gasteiger partial charge in [-0.1, -0.05) is 59.8 Å². The topological polar surface area (TPSA) is 80.1 Å². The SMILES string of the molecule is Cc1cccc(-n2c(CNC(=O)c3c(F)cccc3Cl)nnc2SCC(=O)N2CCCc3ccccc32)c1C. The summed E-state index contributed by atoms with van der Waals surface area (Å²) in [5, 5.41) is 12.0. The number of nitrogens with zero attached hydrogens (tertiary/aromatic N) is 4. The van der Waals surface area contributed by atoms with Crippen molar-refractivity contribution < 1.29 is 14.0 Å². The van der Waals surface area contributed by atoms with Crippen molar-refractivity contribution >= 4 is 40.9 Å². The standard InChI is InChI=1S/C29H27ClFN5O2S/c1-18-8-5-14-23(19(18)2)36-25(16-32-28(38)27-21(30)11-6-12-22(27)31)33-34-29(36)39-17-26(37)35-15-7-10-20-9-3-4-13-24(20)35/h3-6,8-9,11-14H,7,10,15-17H2,1-2H3,(H,32,38). The van der Waals surface area contributed by atoms with Crippen molar-refractivity contribution in [3.05, 3.63) is 99.6 Å². The molecule has 2 heterocycles. The van der Waals surface area contributed by atoms with Gasteiger partial charge in [0.25, 0.3) is 5.91 Å². The van der Waals surface area contributed by atoms with E-state index in [2.05, 4.69) is 21.6 Å². The van der Waals surface area contributed by atoms with E-state index in [4.69, 9.17) is 11.6 Å². The van der Waals surface area contributed by atoms with Crippen LogP contribution in [-0.4, -0.2) is 38.9 Å². The predicted octanol–water partition coefficient (Wildman–Crippen LogP) is 5.68. The minimum absolute atomic E-state index is 0.00767. The summed E-state index contributed by atoms with van der Waals surface area (Å²) in [5.74, 6) is -0.740. The maximum Gasteiger partial charge on any atom is 0.256 e. The lowest BCUT2D eigenvalue weighted by Crippen LogP contribution is -2.36. The number of thioether (sulfide) groups is 1. The van der Waals surface area contributed by atoms with E-state index in [1.807, 2.05) is 59.7 Å². The van der Waals surface area contributed by atoms with Gasteiger partial charge >= 0.3 is 0 Å². The van der Waals surface area contributed by atoms with E-state index in [0.717, 1.165) is 35.3 Å². The average molecular weight is 564 g/mol. The fourth-order valence-electron chi connectivity index (χ4n) is 4.69. The van der Waals surface area contributed by atoms with E-state index in [-0.39, 0.29) is 28.8 Å². The van der Waals surface area contributed by atoms with E-state index in [9.17, 15) is 14.0 Å². The number of hydrogen-bond acceptors (Lipinski definition) is 5. The van der Waals surface area contributed by atoms with Crippen molar-refractivity contribution in [2.24, 2.45) is 0 Å². The van der Waals surface area contributed by atoms with Crippen LogP contribution in [0.4, 0.5) is 10.1 Å². The number of anilines is 1. The van der Waals surface area contributed by atoms with Gasteiger partial charge in [0.05, 0.1) is 28.6 Å². The summed E-state index contributed by atoms with van der Waals surface area (Å²) < 4.78 is 16.1. The summed E-state index contributed by atoms with van der Waals surface area (Å²) in [4.78, 5) is 27.9. The smallest absolute Gasteiger partial charge is 0.256 e. The predicted molar refractivity (Wildman–Crippen MR) is 151 cm³/mol. The molecule has 0 atom stereocenters. The number of hydrogen-bond donors (Lipinski definition) is 1. The van der Waals surface area contributed by atoms with Crippen LogP contribution in [0.5, 0.6) is 0 Å². The Hall–Kier alpha value is -3.69. The van der Waals surface area contributed by atoms with Crippen LogP contribution in [-0.2, 0) is 17.8 Å². The summed E-state index contributed by atoms with van der Waals surface area (Å²) in [6, 6.07) is 18.0. The van der Waals surface area contributed by atoms with E-state index in [0.29, 0.717) is 17.5 Å². The average Bonchev–Trinajstić information content (AvgIpc) is 3.34. The molecular weight excluding hydrogens is 537 g/mol. The van der Waals surface area contributed by atoms with E-state index in [1.54, 1.807) is 0 Å². The normalized spacial score (nSPS) is 12.8. The van der Waals surface area contributed by atoms with Crippen molar-refractivity contribution in [1.29, 1.82) is 0 Å². The van der Waals surface area contributed by atoms with Gasteiger partial charge in [0, 0.05) is 12.2 Å². The van der Waals surface area contributed by atoms with Crippen LogP contribution in [0.3, 0.4) is 0 Å². The molecule has 1 aliphatic heterocycles. The number of halogens is 2. The fourth-order valence-corrected chi connectivity index (χ4v) is 5.78. The minimum atomic E-state index is -0.704. The van der Waals surface area contributed by atoms with Gasteiger partial charge in [0.1, 0.15) is 5.82 Å². The van der Waals surface area contributed by atoms with E-state index in [1.165, 1.54) is 35.5 Å². The molecule has 2 amide bonds. The zero-order valence-electron chi connectivity index (χ0n) is 21.6. The molecule has 0 spiro atoms. The number of rotatable bonds is 7. The molecule has 200 valence electrons. The monoisotopic (exact) mass is 563 g/mol. The van der Waals surface area contributed by atoms with Crippen LogP contribution in [0.2, 0.25) is 5.02 Å². The third-order valence-electron chi connectivity index (χ3n) is 6.85. The molecule has 7 nitrogen and oxygen atoms in total. The molecule has 1 aliphatic rings. The lowest BCUT2D eigenvalue weighted by molar-refractivity contribution is -0.116. The number of carbonyl (C=O) groups excluding carboxylic acids is 2. The lowest BCUT2D eigenvalue weighted by Gasteiger charge is -2.29. The molecule has 0 aliphatic carbocycles. The van der Waals surface area contributed by atoms with Crippen molar-refractivity contribution in [1.82, 2.24) is 20.1 Å². The van der Waals surface area contributed by atoms with E-state index < -0.39 is 11.7 Å². The highest BCUT2D eigenvalue weighted by Crippen LogP contribution is 2.30. The van der Waals surface area contributed by atoms with Gasteiger partial charge in [-0.05, 0) is 67.6 Å². The van der Waals surface area contributed by atoms with Crippen molar-refractivity contribution in [2.45, 2.75) is 38.4 Å². The number of aromatic nitrogens is 3. The molecule has 3 aromatic carbocycles. The summed E-state index contributed by atoms with van der Waals surface area (Å²) in [5.41, 5.74) is 4.84. The van der Waals surface area contributed by atoms with Gasteiger partial charge in [-0.3, -0.25) is 14.2 Å². The second kappa shape index (κ2) is 11.6. The van der Waals surface area contributed by atoms with Gasteiger partial charge in [0.15, 0.2) is 11.0 Å². The van der Waals surface area contributed by atoms with Crippen molar-refractivity contribution in [3.8, 4) is 5.69 Å². The van der Waals surface area contributed by atoms with Crippen LogP contribution in [0, 0.1) is 19.7 Å². The van der Waals surface area contributed by atoms with Crippen LogP contribution in [0.15, 0.2) is 65.8 Å². The first-order valence-corrected chi connectivity index (χ1v) is 14.0. The Morgan fingerprint density at radius 1 is 1.03 bits per heavy atom. The summed E-state index contributed by atoms with van der Waals surface area (Å²) in [7, 11) is 0. The maximum atomic E-state index is 14.3. The Kier molecular flexibility index (Phi) is 7.99. The molecule has 1 N–H and O–H groups in total. The van der Waals surface area contributed by atoms with Gasteiger partial charge in [0.2, 0.25) is 5.91 Å². The number of benzene rings is 3. The molecular formula is C29H27ClFN5O2S. The molecule has 0 saturated carbocycles. The van der Waals surface area contributed by atoms with Gasteiger partial charge in [-0.15, -0.1) is 10.2 Å². The van der Waals surface area contributed by atoms with Crippen molar-refractivity contribution in [2.75, 3.05) is 17.2 Å². The molecule has 39 heavy (non-hydrogen) atoms. The molecule has 0 radical (unpaired) electrons. The van der Waals surface area contributed by atoms with Gasteiger partial charge in [-0.25, -0.2) is 4.39 Å². The number of para-hydroxylation sites is 1. The summed E-state index contributed by atoms with van der Waals surface area (Å²) in [6.45, 7) is 4.67. The Bertz CT molecular complexity index is 1540. The Labute approximate surface area is 235 Å². The molecule has 0 saturated heterocycles. The van der Waals surface area contributed by atoms with Gasteiger partial charge < -0.3 is 10.2 Å². The highest BCUT2D eigenvalue weighted by molar-refractivity contribution is 7.99. The third kappa shape index (κ3) is 5.55. The molecule has 0 fully saturated rings. The largest absolute Gasteiger partial charge is 0.345 e. The van der Waals surface area contributed by atoms with E-state index >= 15 is 0 Å². The third-order valence-corrected chi connectivity index (χ3v) is 8.08. The van der Waals surface area contributed by atoms with Crippen LogP contribution in [0.1, 0.15) is 39.3 Å². The molecule has 0 unspecified atom stereocenters. The summed E-state index contributed by atoms with van der Waals surface area (Å²) >= 11 is 7.36. The minimum Gasteiger partial charge on any atom is -0.345 e. The highest BCUT2D eigenvalue weighted by atomic mass is 35.5. The quantitative estimate of drug-likeness (QED) is 0.293. The number of amides is 2. The lowest BCUT2D eigenvalue weighted by atomic mass is 10.0. The number of nitrogens with one attached hydrogen (secondary N) is 1. The summed E-state index contributed by atoms with van der Waals surface area (Å²) in [6.07, 6.45) is 1.88. The molecule has 10 heteroatoms. The molecule has 1 aromatic heterocycles. The number of carbonyl (C=O) groups is 2. The Morgan fingerprint density at radius 3 is 2.62 bits per heavy atom. The first-order valence-electron chi connectivity index (χ1n) is 12.6. The second-order valence-corrected chi connectivity index (χ2v) is 10.6. The zero-order valence-corrected chi connectivity index (χ0v) is 23.2. The maximum absolute atomic E-state index is 14.3. The molecule has 0 bridgehead atoms. The Balaban J connectivity index is 1.40. The van der Waals surface area contributed by atoms with Crippen LogP contribution >= 0.6 is 23.4 Å². The molecule has 5 rings (SSSR count). The van der Waals surface area contributed by atoms with Gasteiger partial charge in [-0.2, -0.15) is 0 Å². The van der Waals surface area contributed by atoms with Crippen LogP contribution < -0.4 is 10.2 Å². The Morgan fingerprint density at radius 2 is 1.79 bits per heavy atom. The number of aryl methyl sites for hydroxylation is 2. The van der Waals surface area contributed by atoms with Crippen LogP contribution in [0.25, 0.3) is 5.69 Å². The molecule has 4 aromatic rings. The highest BCUT2D eigenvalue weighted by Gasteiger charge is 2.24. The fraction of sp³-hybridized carbons (Fsp3) is 0.241. The second-order valence-electron chi connectivity index (χ2n) is 9.30. The first-order chi connectivity index (χ1) is 18.8. The number of fused-ring (bicyclic) bond motifs is 1. The van der Waals surface area contributed by atoms with Crippen molar-refractivity contribution in [3.63, 3.8) is 0 Å². The zero-order chi connectivity index (χ0) is 27.5.